The van der Waals surface area contributed by atoms with Crippen LogP contribution in [0.2, 0.25) is 0 Å². The van der Waals surface area contributed by atoms with Crippen LogP contribution >= 0.6 is 0 Å². The Bertz CT molecular complexity index is 408. The summed E-state index contributed by atoms with van der Waals surface area (Å²) in [7, 11) is 0. The van der Waals surface area contributed by atoms with Crippen LogP contribution in [0.3, 0.4) is 0 Å². The fraction of sp³-hybridized carbons (Fsp3) is 0.385. The van der Waals surface area contributed by atoms with Crippen LogP contribution < -0.4 is 5.32 Å². The Hall–Kier alpha value is -0.606. The summed E-state index contributed by atoms with van der Waals surface area (Å²) >= 11 is 0. The molecule has 0 fully saturated rings. The number of nitrogens with zero attached hydrogens (tertiary/aromatic N) is 1. The molecule has 1 N–H and O–H groups in total. The molecular formula is C13H17N2O2Y-. The van der Waals surface area contributed by atoms with Gasteiger partial charge in [0, 0.05) is 46.2 Å². The normalized spacial score (nSPS) is 9.44. The van der Waals surface area contributed by atoms with Gasteiger partial charge in [0.15, 0.2) is 5.78 Å². The molecule has 0 bridgehead atoms. The van der Waals surface area contributed by atoms with Gasteiger partial charge < -0.3 is 12.2 Å². The van der Waals surface area contributed by atoms with Crippen molar-refractivity contribution in [3.05, 3.63) is 36.5 Å². The van der Waals surface area contributed by atoms with E-state index in [0.29, 0.717) is 12.2 Å². The predicted molar refractivity (Wildman–Crippen MR) is 65.8 cm³/mol. The number of nitrogens with one attached hydrogen (secondary N) is 1. The van der Waals surface area contributed by atoms with Crippen molar-refractivity contribution in [3.8, 4) is 0 Å². The first-order valence-electron chi connectivity index (χ1n) is 5.70. The number of ketones is 1. The zero-order valence-electron chi connectivity index (χ0n) is 10.6. The van der Waals surface area contributed by atoms with E-state index in [9.17, 15) is 9.59 Å². The van der Waals surface area contributed by atoms with Gasteiger partial charge in [-0.3, -0.25) is 9.59 Å². The van der Waals surface area contributed by atoms with Crippen LogP contribution in [-0.2, 0) is 32.7 Å². The van der Waals surface area contributed by atoms with Crippen molar-refractivity contribution in [2.75, 3.05) is 6.54 Å². The Kier molecular flexibility index (Phi) is 9.03. The van der Waals surface area contributed by atoms with Gasteiger partial charge in [-0.25, -0.2) is 4.98 Å². The van der Waals surface area contributed by atoms with Gasteiger partial charge in [0.2, 0.25) is 0 Å². The maximum absolute atomic E-state index is 11.7. The molecule has 0 atom stereocenters. The Labute approximate surface area is 133 Å². The molecule has 1 rings (SSSR count). The summed E-state index contributed by atoms with van der Waals surface area (Å²) in [5.41, 5.74) is 0.600. The SMILES string of the molecule is [CH2-]CCCCNC(=O)c1cccc(C(C)=O)n1.[Y]. The molecule has 1 amide bonds. The molecule has 0 saturated carbocycles. The molecule has 1 aromatic rings. The van der Waals surface area contributed by atoms with Crippen molar-refractivity contribution in [1.29, 1.82) is 0 Å². The Morgan fingerprint density at radius 3 is 2.56 bits per heavy atom. The molecule has 1 radical (unpaired) electrons. The average molecular weight is 322 g/mol. The van der Waals surface area contributed by atoms with Gasteiger partial charge in [0.05, 0.1) is 0 Å². The van der Waals surface area contributed by atoms with E-state index in [4.69, 9.17) is 0 Å². The van der Waals surface area contributed by atoms with E-state index in [-0.39, 0.29) is 50.1 Å². The first-order chi connectivity index (χ1) is 8.15. The predicted octanol–water partition coefficient (Wildman–Crippen LogP) is 2.02. The van der Waals surface area contributed by atoms with Gasteiger partial charge in [-0.05, 0) is 18.6 Å². The number of unbranched alkanes of at least 4 members (excludes halogenated alkanes) is 2. The molecule has 1 heterocycles. The van der Waals surface area contributed by atoms with Crippen LogP contribution in [0.1, 0.15) is 47.2 Å². The summed E-state index contributed by atoms with van der Waals surface area (Å²) in [6.45, 7) is 5.77. The summed E-state index contributed by atoms with van der Waals surface area (Å²) < 4.78 is 0. The molecule has 4 nitrogen and oxygen atoms in total. The molecule has 0 aliphatic heterocycles. The molecule has 0 aliphatic carbocycles. The van der Waals surface area contributed by atoms with Crippen LogP contribution in [0.15, 0.2) is 18.2 Å². The molecule has 0 aromatic carbocycles. The van der Waals surface area contributed by atoms with E-state index < -0.39 is 0 Å². The first kappa shape index (κ1) is 17.4. The quantitative estimate of drug-likeness (QED) is 0.495. The fourth-order valence-corrected chi connectivity index (χ4v) is 1.35. The smallest absolute Gasteiger partial charge is 0.269 e. The van der Waals surface area contributed by atoms with Crippen LogP contribution in [0.25, 0.3) is 0 Å². The minimum Gasteiger partial charge on any atom is -0.351 e. The third-order valence-corrected chi connectivity index (χ3v) is 2.30. The van der Waals surface area contributed by atoms with Crippen molar-refractivity contribution >= 4 is 11.7 Å². The zero-order valence-corrected chi connectivity index (χ0v) is 13.4. The van der Waals surface area contributed by atoms with Gasteiger partial charge >= 0.3 is 0 Å². The number of carbonyl (C=O) groups is 2. The van der Waals surface area contributed by atoms with E-state index in [1.54, 1.807) is 18.2 Å². The summed E-state index contributed by atoms with van der Waals surface area (Å²) in [6.07, 6.45) is 2.76. The number of amides is 1. The maximum Gasteiger partial charge on any atom is 0.269 e. The number of pyridine rings is 1. The first-order valence-corrected chi connectivity index (χ1v) is 5.70. The van der Waals surface area contributed by atoms with E-state index in [2.05, 4.69) is 17.2 Å². The Morgan fingerprint density at radius 1 is 1.28 bits per heavy atom. The molecule has 0 saturated heterocycles. The number of rotatable bonds is 6. The summed E-state index contributed by atoms with van der Waals surface area (Å²) in [5.74, 6) is -0.381. The topological polar surface area (TPSA) is 59.1 Å². The van der Waals surface area contributed by atoms with Gasteiger partial charge in [-0.2, -0.15) is 6.42 Å². The average Bonchev–Trinajstić information content (AvgIpc) is 2.34. The molecule has 95 valence electrons. The second-order valence-electron chi connectivity index (χ2n) is 3.78. The molecule has 0 unspecified atom stereocenters. The molecule has 0 aliphatic rings. The van der Waals surface area contributed by atoms with Crippen molar-refractivity contribution in [2.24, 2.45) is 0 Å². The summed E-state index contributed by atoms with van der Waals surface area (Å²) in [4.78, 5) is 26.8. The van der Waals surface area contributed by atoms with Crippen molar-refractivity contribution in [1.82, 2.24) is 10.3 Å². The summed E-state index contributed by atoms with van der Waals surface area (Å²) in [6, 6.07) is 4.86. The Balaban J connectivity index is 0.00000289. The molecule has 18 heavy (non-hydrogen) atoms. The maximum atomic E-state index is 11.7. The van der Waals surface area contributed by atoms with Crippen LogP contribution in [0, 0.1) is 6.92 Å². The second-order valence-corrected chi connectivity index (χ2v) is 3.78. The second kappa shape index (κ2) is 9.34. The zero-order chi connectivity index (χ0) is 12.7. The fourth-order valence-electron chi connectivity index (χ4n) is 1.35. The molecule has 5 heteroatoms. The standard InChI is InChI=1S/C13H17N2O2.Y/c1-3-4-5-9-14-13(17)12-8-6-7-11(15-12)10(2)16;/h6-8H,1,3-5,9H2,2H3,(H,14,17);/q-1;. The summed E-state index contributed by atoms with van der Waals surface area (Å²) in [5, 5.41) is 2.76. The minimum absolute atomic E-state index is 0. The van der Waals surface area contributed by atoms with Crippen LogP contribution in [-0.4, -0.2) is 23.2 Å². The number of hydrogen-bond donors (Lipinski definition) is 1. The van der Waals surface area contributed by atoms with Crippen LogP contribution in [0.4, 0.5) is 0 Å². The van der Waals surface area contributed by atoms with E-state index in [1.807, 2.05) is 0 Å². The molecule has 0 spiro atoms. The van der Waals surface area contributed by atoms with Crippen molar-refractivity contribution < 1.29 is 42.3 Å². The number of aromatic nitrogens is 1. The number of hydrogen-bond acceptors (Lipinski definition) is 3. The third-order valence-electron chi connectivity index (χ3n) is 2.30. The molecular weight excluding hydrogens is 305 g/mol. The van der Waals surface area contributed by atoms with E-state index >= 15 is 0 Å². The van der Waals surface area contributed by atoms with Crippen molar-refractivity contribution in [3.63, 3.8) is 0 Å². The molecule has 1 aromatic heterocycles. The third kappa shape index (κ3) is 5.83. The number of Topliss-reactive ketones (excluding diaryl/α,β-unsaturated/α-hetero) is 1. The van der Waals surface area contributed by atoms with Gasteiger partial charge in [0.1, 0.15) is 11.4 Å². The largest absolute Gasteiger partial charge is 0.351 e. The number of carbonyl (C=O) groups excluding carboxylic acids is 2. The minimum atomic E-state index is -0.239. The Morgan fingerprint density at radius 2 is 1.94 bits per heavy atom. The van der Waals surface area contributed by atoms with Crippen molar-refractivity contribution in [2.45, 2.75) is 26.2 Å². The van der Waals surface area contributed by atoms with Gasteiger partial charge in [-0.15, -0.1) is 0 Å². The van der Waals surface area contributed by atoms with Gasteiger partial charge in [0.25, 0.3) is 5.91 Å². The van der Waals surface area contributed by atoms with Gasteiger partial charge in [-0.1, -0.05) is 12.5 Å². The monoisotopic (exact) mass is 322 g/mol. The van der Waals surface area contributed by atoms with Crippen LogP contribution in [0.5, 0.6) is 0 Å². The van der Waals surface area contributed by atoms with E-state index in [1.165, 1.54) is 6.92 Å². The van der Waals surface area contributed by atoms with E-state index in [0.717, 1.165) is 19.3 Å².